The highest BCUT2D eigenvalue weighted by atomic mass is 16.2. The maximum Gasteiger partial charge on any atom is 0.230 e. The third kappa shape index (κ3) is 5.62. The fourth-order valence-corrected chi connectivity index (χ4v) is 4.10. The Labute approximate surface area is 179 Å². The molecule has 0 aliphatic heterocycles. The Morgan fingerprint density at radius 3 is 2.47 bits per heavy atom. The number of aliphatic imine (C=N–C) groups is 1. The number of amides is 1. The highest BCUT2D eigenvalue weighted by molar-refractivity contribution is 5.85. The van der Waals surface area contributed by atoms with E-state index in [9.17, 15) is 4.79 Å². The van der Waals surface area contributed by atoms with Crippen molar-refractivity contribution in [2.75, 3.05) is 27.2 Å². The van der Waals surface area contributed by atoms with Crippen molar-refractivity contribution in [3.05, 3.63) is 54.1 Å². The molecular formula is C23H34N6O. The quantitative estimate of drug-likeness (QED) is 0.518. The van der Waals surface area contributed by atoms with Gasteiger partial charge < -0.3 is 20.1 Å². The van der Waals surface area contributed by atoms with Crippen molar-refractivity contribution in [2.24, 2.45) is 10.4 Å². The molecule has 1 aromatic heterocycles. The minimum atomic E-state index is -0.311. The van der Waals surface area contributed by atoms with Crippen LogP contribution < -0.4 is 10.6 Å². The molecule has 1 heterocycles. The zero-order valence-corrected chi connectivity index (χ0v) is 18.4. The molecule has 0 saturated heterocycles. The number of guanidine groups is 1. The van der Waals surface area contributed by atoms with Crippen LogP contribution >= 0.6 is 0 Å². The molecule has 162 valence electrons. The normalized spacial score (nSPS) is 15.8. The molecule has 0 unspecified atom stereocenters. The van der Waals surface area contributed by atoms with E-state index < -0.39 is 0 Å². The first-order chi connectivity index (χ1) is 14.5. The largest absolute Gasteiger partial charge is 0.357 e. The third-order valence-corrected chi connectivity index (χ3v) is 5.73. The van der Waals surface area contributed by atoms with E-state index in [0.717, 1.165) is 50.3 Å². The summed E-state index contributed by atoms with van der Waals surface area (Å²) in [6, 6.07) is 8.50. The molecule has 0 bridgehead atoms. The Balaban J connectivity index is 1.60. The molecule has 1 fully saturated rings. The van der Waals surface area contributed by atoms with Crippen molar-refractivity contribution in [3.8, 4) is 0 Å². The lowest BCUT2D eigenvalue weighted by Crippen LogP contribution is -2.49. The van der Waals surface area contributed by atoms with Crippen LogP contribution in [0.25, 0.3) is 0 Å². The zero-order chi connectivity index (χ0) is 21.4. The van der Waals surface area contributed by atoms with Gasteiger partial charge in [0.1, 0.15) is 0 Å². The first-order valence-corrected chi connectivity index (χ1v) is 10.8. The lowest BCUT2D eigenvalue weighted by atomic mass is 9.84. The number of hydrogen-bond donors (Lipinski definition) is 2. The van der Waals surface area contributed by atoms with Gasteiger partial charge in [-0.3, -0.25) is 4.79 Å². The van der Waals surface area contributed by atoms with E-state index in [1.54, 1.807) is 11.1 Å². The van der Waals surface area contributed by atoms with Crippen molar-refractivity contribution in [3.63, 3.8) is 0 Å². The number of carbonyl (C=O) groups is 1. The van der Waals surface area contributed by atoms with Gasteiger partial charge in [0.15, 0.2) is 5.96 Å². The van der Waals surface area contributed by atoms with Crippen molar-refractivity contribution in [1.29, 1.82) is 0 Å². The first kappa shape index (κ1) is 21.9. The second-order valence-corrected chi connectivity index (χ2v) is 8.29. The van der Waals surface area contributed by atoms with Crippen LogP contribution in [0.5, 0.6) is 0 Å². The first-order valence-electron chi connectivity index (χ1n) is 10.8. The van der Waals surface area contributed by atoms with Crippen LogP contribution in [0.4, 0.5) is 0 Å². The predicted molar refractivity (Wildman–Crippen MR) is 120 cm³/mol. The molecule has 30 heavy (non-hydrogen) atoms. The van der Waals surface area contributed by atoms with Gasteiger partial charge in [-0.15, -0.1) is 0 Å². The van der Waals surface area contributed by atoms with Crippen LogP contribution in [0, 0.1) is 5.41 Å². The van der Waals surface area contributed by atoms with Gasteiger partial charge in [-0.1, -0.05) is 37.1 Å². The standard InChI is InChI=1S/C23H34N6O/c1-4-25-22(27-17-23(11-5-6-12-23)21(30)28(2)3)26-15-19-7-9-20(10-8-19)16-29-14-13-24-18-29/h7-10,13-14,18H,4-6,11-12,15-17H2,1-3H3,(H2,25,26,27). The van der Waals surface area contributed by atoms with E-state index >= 15 is 0 Å². The van der Waals surface area contributed by atoms with Gasteiger partial charge in [0, 0.05) is 46.1 Å². The topological polar surface area (TPSA) is 74.5 Å². The van der Waals surface area contributed by atoms with Gasteiger partial charge in [0.05, 0.1) is 18.3 Å². The summed E-state index contributed by atoms with van der Waals surface area (Å²) in [5.41, 5.74) is 2.08. The molecule has 1 aliphatic carbocycles. The van der Waals surface area contributed by atoms with E-state index in [2.05, 4.69) is 46.8 Å². The SMILES string of the molecule is CCNC(=NCc1ccc(Cn2ccnc2)cc1)NCC1(C(=O)N(C)C)CCCC1. The fraction of sp³-hybridized carbons (Fsp3) is 0.522. The average Bonchev–Trinajstić information content (AvgIpc) is 3.43. The van der Waals surface area contributed by atoms with Gasteiger partial charge in [-0.25, -0.2) is 9.98 Å². The maximum absolute atomic E-state index is 12.8. The van der Waals surface area contributed by atoms with Crippen LogP contribution in [0.3, 0.4) is 0 Å². The molecule has 1 saturated carbocycles. The summed E-state index contributed by atoms with van der Waals surface area (Å²) in [5, 5.41) is 6.74. The Bertz CT molecular complexity index is 820. The molecule has 2 aromatic rings. The second-order valence-electron chi connectivity index (χ2n) is 8.29. The Morgan fingerprint density at radius 1 is 1.17 bits per heavy atom. The van der Waals surface area contributed by atoms with E-state index in [4.69, 9.17) is 4.99 Å². The molecule has 7 heteroatoms. The van der Waals surface area contributed by atoms with Crippen molar-refractivity contribution in [2.45, 2.75) is 45.7 Å². The van der Waals surface area contributed by atoms with E-state index in [1.165, 1.54) is 5.56 Å². The third-order valence-electron chi connectivity index (χ3n) is 5.73. The second kappa shape index (κ2) is 10.3. The molecule has 2 N–H and O–H groups in total. The predicted octanol–water partition coefficient (Wildman–Crippen LogP) is 2.64. The average molecular weight is 411 g/mol. The number of aromatic nitrogens is 2. The molecule has 1 amide bonds. The molecule has 1 aromatic carbocycles. The molecule has 1 aliphatic rings. The van der Waals surface area contributed by atoms with Crippen LogP contribution in [0.2, 0.25) is 0 Å². The Kier molecular flexibility index (Phi) is 7.49. The van der Waals surface area contributed by atoms with Crippen LogP contribution in [0.1, 0.15) is 43.7 Å². The van der Waals surface area contributed by atoms with Gasteiger partial charge >= 0.3 is 0 Å². The summed E-state index contributed by atoms with van der Waals surface area (Å²) in [6.45, 7) is 4.87. The minimum Gasteiger partial charge on any atom is -0.357 e. The smallest absolute Gasteiger partial charge is 0.230 e. The highest BCUT2D eigenvalue weighted by Gasteiger charge is 2.42. The molecule has 0 spiro atoms. The number of hydrogen-bond acceptors (Lipinski definition) is 3. The highest BCUT2D eigenvalue weighted by Crippen LogP contribution is 2.38. The monoisotopic (exact) mass is 410 g/mol. The Hall–Kier alpha value is -2.83. The lowest BCUT2D eigenvalue weighted by Gasteiger charge is -2.31. The summed E-state index contributed by atoms with van der Waals surface area (Å²) in [7, 11) is 3.69. The van der Waals surface area contributed by atoms with E-state index in [0.29, 0.717) is 13.1 Å². The van der Waals surface area contributed by atoms with Crippen molar-refractivity contribution >= 4 is 11.9 Å². The van der Waals surface area contributed by atoms with E-state index in [1.807, 2.05) is 31.2 Å². The molecule has 0 radical (unpaired) electrons. The fourth-order valence-electron chi connectivity index (χ4n) is 4.10. The number of benzene rings is 1. The van der Waals surface area contributed by atoms with Gasteiger partial charge in [-0.05, 0) is 30.9 Å². The number of rotatable bonds is 8. The van der Waals surface area contributed by atoms with Crippen molar-refractivity contribution < 1.29 is 4.79 Å². The van der Waals surface area contributed by atoms with Crippen LogP contribution in [-0.2, 0) is 17.9 Å². The van der Waals surface area contributed by atoms with Crippen molar-refractivity contribution in [1.82, 2.24) is 25.1 Å². The number of nitrogens with zero attached hydrogens (tertiary/aromatic N) is 4. The number of imidazole rings is 1. The lowest BCUT2D eigenvalue weighted by molar-refractivity contribution is -0.138. The summed E-state index contributed by atoms with van der Waals surface area (Å²) in [6.07, 6.45) is 9.68. The van der Waals surface area contributed by atoms with Gasteiger partial charge in [0.2, 0.25) is 5.91 Å². The molecule has 7 nitrogen and oxygen atoms in total. The summed E-state index contributed by atoms with van der Waals surface area (Å²) in [5.74, 6) is 0.981. The van der Waals surface area contributed by atoms with Crippen LogP contribution in [-0.4, -0.2) is 53.5 Å². The summed E-state index contributed by atoms with van der Waals surface area (Å²) >= 11 is 0. The molecule has 0 atom stereocenters. The number of nitrogens with one attached hydrogen (secondary N) is 2. The summed E-state index contributed by atoms with van der Waals surface area (Å²) in [4.78, 5) is 23.3. The number of carbonyl (C=O) groups excluding carboxylic acids is 1. The minimum absolute atomic E-state index is 0.219. The molecular weight excluding hydrogens is 376 g/mol. The van der Waals surface area contributed by atoms with Gasteiger partial charge in [0.25, 0.3) is 0 Å². The summed E-state index contributed by atoms with van der Waals surface area (Å²) < 4.78 is 2.05. The van der Waals surface area contributed by atoms with E-state index in [-0.39, 0.29) is 11.3 Å². The van der Waals surface area contributed by atoms with Gasteiger partial charge in [-0.2, -0.15) is 0 Å². The zero-order valence-electron chi connectivity index (χ0n) is 18.4. The maximum atomic E-state index is 12.8. The van der Waals surface area contributed by atoms with Crippen LogP contribution in [0.15, 0.2) is 48.0 Å². The Morgan fingerprint density at radius 2 is 1.87 bits per heavy atom. The molecule has 3 rings (SSSR count).